The number of hydrogen-bond donors (Lipinski definition) is 1. The Labute approximate surface area is 152 Å². The van der Waals surface area contributed by atoms with Gasteiger partial charge in [0.15, 0.2) is 6.61 Å². The van der Waals surface area contributed by atoms with Crippen molar-refractivity contribution in [1.82, 2.24) is 0 Å². The maximum Gasteiger partial charge on any atom is 0.341 e. The van der Waals surface area contributed by atoms with Crippen LogP contribution < -0.4 is 5.32 Å². The summed E-state index contributed by atoms with van der Waals surface area (Å²) >= 11 is 5.59. The number of halogens is 2. The average Bonchev–Trinajstić information content (AvgIpc) is 2.55. The molecule has 2 aromatic carbocycles. The Balaban J connectivity index is 2.06. The number of anilines is 1. The fraction of sp³-hybridized carbons (Fsp3) is 0.176. The Morgan fingerprint density at radius 2 is 1.88 bits per heavy atom. The van der Waals surface area contributed by atoms with E-state index >= 15 is 0 Å². The lowest BCUT2D eigenvalue weighted by Crippen LogP contribution is -2.22. The Hall–Kier alpha value is -3.00. The number of nitro benzene ring substituents is 1. The van der Waals surface area contributed by atoms with Gasteiger partial charge < -0.3 is 10.1 Å². The van der Waals surface area contributed by atoms with E-state index in [0.29, 0.717) is 5.56 Å². The summed E-state index contributed by atoms with van der Waals surface area (Å²) in [5.74, 6) is -2.73. The maximum atomic E-state index is 13.6. The second-order valence-corrected chi connectivity index (χ2v) is 5.90. The zero-order valence-electron chi connectivity index (χ0n) is 13.8. The number of aryl methyl sites for hydroxylation is 2. The van der Waals surface area contributed by atoms with E-state index in [-0.39, 0.29) is 22.0 Å². The molecule has 9 heteroatoms. The van der Waals surface area contributed by atoms with Gasteiger partial charge in [0.2, 0.25) is 0 Å². The number of carbonyl (C=O) groups excluding carboxylic acids is 2. The molecular formula is C17H14ClFN2O5. The highest BCUT2D eigenvalue weighted by atomic mass is 35.5. The van der Waals surface area contributed by atoms with Crippen molar-refractivity contribution in [2.75, 3.05) is 11.9 Å². The summed E-state index contributed by atoms with van der Waals surface area (Å²) < 4.78 is 18.4. The van der Waals surface area contributed by atoms with Crippen LogP contribution in [0, 0.1) is 29.8 Å². The highest BCUT2D eigenvalue weighted by molar-refractivity contribution is 6.30. The Kier molecular flexibility index (Phi) is 5.89. The first-order valence-corrected chi connectivity index (χ1v) is 7.74. The van der Waals surface area contributed by atoms with E-state index in [9.17, 15) is 24.1 Å². The minimum absolute atomic E-state index is 0.0168. The van der Waals surface area contributed by atoms with Crippen molar-refractivity contribution in [2.45, 2.75) is 13.8 Å². The normalized spacial score (nSPS) is 10.3. The zero-order valence-corrected chi connectivity index (χ0v) is 14.6. The quantitative estimate of drug-likeness (QED) is 0.483. The summed E-state index contributed by atoms with van der Waals surface area (Å²) in [5.41, 5.74) is 0.762. The smallest absolute Gasteiger partial charge is 0.341 e. The lowest BCUT2D eigenvalue weighted by Gasteiger charge is -2.09. The fourth-order valence-electron chi connectivity index (χ4n) is 2.10. The van der Waals surface area contributed by atoms with Gasteiger partial charge in [0.1, 0.15) is 11.5 Å². The van der Waals surface area contributed by atoms with Gasteiger partial charge >= 0.3 is 5.97 Å². The van der Waals surface area contributed by atoms with Crippen LogP contribution in [0.15, 0.2) is 30.3 Å². The van der Waals surface area contributed by atoms with Crippen LogP contribution in [0.2, 0.25) is 5.02 Å². The van der Waals surface area contributed by atoms with Crippen LogP contribution in [-0.4, -0.2) is 23.4 Å². The number of benzene rings is 2. The molecule has 0 aromatic heterocycles. The average molecular weight is 381 g/mol. The van der Waals surface area contributed by atoms with Gasteiger partial charge in [-0.15, -0.1) is 0 Å². The highest BCUT2D eigenvalue weighted by Gasteiger charge is 2.19. The molecule has 1 amide bonds. The van der Waals surface area contributed by atoms with E-state index < -0.39 is 29.2 Å². The second kappa shape index (κ2) is 7.92. The van der Waals surface area contributed by atoms with E-state index in [2.05, 4.69) is 5.32 Å². The minimum atomic E-state index is -1.05. The molecule has 0 aliphatic heterocycles. The molecule has 0 fully saturated rings. The first kappa shape index (κ1) is 19.3. The van der Waals surface area contributed by atoms with Crippen molar-refractivity contribution >= 4 is 34.9 Å². The largest absolute Gasteiger partial charge is 0.452 e. The van der Waals surface area contributed by atoms with Crippen LogP contribution in [0.3, 0.4) is 0 Å². The molecular weight excluding hydrogens is 367 g/mol. The molecule has 0 atom stereocenters. The lowest BCUT2D eigenvalue weighted by molar-refractivity contribution is -0.384. The molecule has 0 heterocycles. The highest BCUT2D eigenvalue weighted by Crippen LogP contribution is 2.27. The van der Waals surface area contributed by atoms with Crippen LogP contribution in [0.25, 0.3) is 0 Å². The third kappa shape index (κ3) is 4.54. The van der Waals surface area contributed by atoms with E-state index in [1.807, 2.05) is 0 Å². The Morgan fingerprint density at radius 1 is 1.23 bits per heavy atom. The molecule has 1 N–H and O–H groups in total. The van der Waals surface area contributed by atoms with Crippen molar-refractivity contribution in [3.8, 4) is 0 Å². The van der Waals surface area contributed by atoms with Gasteiger partial charge in [-0.3, -0.25) is 14.9 Å². The number of amides is 1. The van der Waals surface area contributed by atoms with Crippen LogP contribution in [0.5, 0.6) is 0 Å². The van der Waals surface area contributed by atoms with Gasteiger partial charge in [-0.25, -0.2) is 9.18 Å². The number of nitro groups is 1. The molecule has 0 spiro atoms. The number of ether oxygens (including phenoxy) is 1. The summed E-state index contributed by atoms with van der Waals surface area (Å²) in [5, 5.41) is 13.5. The zero-order chi connectivity index (χ0) is 19.4. The predicted molar refractivity (Wildman–Crippen MR) is 92.9 cm³/mol. The van der Waals surface area contributed by atoms with E-state index in [1.165, 1.54) is 18.2 Å². The second-order valence-electron chi connectivity index (χ2n) is 5.46. The van der Waals surface area contributed by atoms with Crippen LogP contribution in [0.4, 0.5) is 15.8 Å². The summed E-state index contributed by atoms with van der Waals surface area (Å²) in [6, 6.07) is 6.16. The standard InChI is InChI=1S/C17H14ClFN2O5/c1-9-5-14(15(21(24)25)6-10(9)2)20-16(22)8-26-17(23)12-4-3-11(18)7-13(12)19/h3-7H,8H2,1-2H3,(H,20,22). The first-order valence-electron chi connectivity index (χ1n) is 7.36. The van der Waals surface area contributed by atoms with E-state index in [4.69, 9.17) is 16.3 Å². The fourth-order valence-corrected chi connectivity index (χ4v) is 2.26. The molecule has 2 rings (SSSR count). The maximum absolute atomic E-state index is 13.6. The molecule has 0 bridgehead atoms. The summed E-state index contributed by atoms with van der Waals surface area (Å²) in [6.07, 6.45) is 0. The molecule has 0 radical (unpaired) electrons. The molecule has 0 saturated heterocycles. The topological polar surface area (TPSA) is 98.5 Å². The van der Waals surface area contributed by atoms with E-state index in [0.717, 1.165) is 17.7 Å². The molecule has 7 nitrogen and oxygen atoms in total. The molecule has 0 unspecified atom stereocenters. The Bertz CT molecular complexity index is 901. The van der Waals surface area contributed by atoms with Gasteiger partial charge in [0, 0.05) is 11.1 Å². The molecule has 0 saturated carbocycles. The third-order valence-corrected chi connectivity index (χ3v) is 3.80. The number of nitrogens with one attached hydrogen (secondary N) is 1. The van der Waals surface area contributed by atoms with Gasteiger partial charge in [-0.05, 0) is 49.2 Å². The van der Waals surface area contributed by atoms with Crippen molar-refractivity contribution in [1.29, 1.82) is 0 Å². The van der Waals surface area contributed by atoms with Crippen molar-refractivity contribution in [3.63, 3.8) is 0 Å². The molecule has 136 valence electrons. The predicted octanol–water partition coefficient (Wildman–Crippen LogP) is 3.80. The third-order valence-electron chi connectivity index (χ3n) is 3.57. The molecule has 26 heavy (non-hydrogen) atoms. The number of rotatable bonds is 5. The van der Waals surface area contributed by atoms with Crippen LogP contribution >= 0.6 is 11.6 Å². The molecule has 0 aliphatic rings. The summed E-state index contributed by atoms with van der Waals surface area (Å²) in [7, 11) is 0. The number of hydrogen-bond acceptors (Lipinski definition) is 5. The minimum Gasteiger partial charge on any atom is -0.452 e. The Morgan fingerprint density at radius 3 is 2.50 bits per heavy atom. The van der Waals surface area contributed by atoms with Crippen LogP contribution in [-0.2, 0) is 9.53 Å². The van der Waals surface area contributed by atoms with Crippen LogP contribution in [0.1, 0.15) is 21.5 Å². The molecule has 0 aliphatic carbocycles. The first-order chi connectivity index (χ1) is 12.2. The lowest BCUT2D eigenvalue weighted by atomic mass is 10.1. The van der Waals surface area contributed by atoms with Crippen molar-refractivity contribution in [3.05, 3.63) is 68.0 Å². The van der Waals surface area contributed by atoms with Gasteiger partial charge in [-0.2, -0.15) is 0 Å². The summed E-state index contributed by atoms with van der Waals surface area (Å²) in [6.45, 7) is 2.71. The monoisotopic (exact) mass is 380 g/mol. The van der Waals surface area contributed by atoms with Gasteiger partial charge in [0.25, 0.3) is 11.6 Å². The molecule has 2 aromatic rings. The number of esters is 1. The summed E-state index contributed by atoms with van der Waals surface area (Å²) in [4.78, 5) is 34.2. The van der Waals surface area contributed by atoms with Gasteiger partial charge in [-0.1, -0.05) is 11.6 Å². The van der Waals surface area contributed by atoms with Crippen molar-refractivity contribution < 1.29 is 23.6 Å². The number of carbonyl (C=O) groups is 2. The van der Waals surface area contributed by atoms with Crippen molar-refractivity contribution in [2.24, 2.45) is 0 Å². The van der Waals surface area contributed by atoms with Gasteiger partial charge in [0.05, 0.1) is 10.5 Å². The SMILES string of the molecule is Cc1cc(NC(=O)COC(=O)c2ccc(Cl)cc2F)c([N+](=O)[O-])cc1C. The van der Waals surface area contributed by atoms with E-state index in [1.54, 1.807) is 13.8 Å². The number of nitrogens with zero attached hydrogens (tertiary/aromatic N) is 1.